The normalized spacial score (nSPS) is 14.0. The topological polar surface area (TPSA) is 125 Å². The molecular weight excluding hydrogens is 500 g/mol. The quantitative estimate of drug-likeness (QED) is 0.0611. The van der Waals surface area contributed by atoms with Gasteiger partial charge < -0.3 is 28.7 Å². The van der Waals surface area contributed by atoms with Gasteiger partial charge in [0.05, 0.1) is 0 Å². The summed E-state index contributed by atoms with van der Waals surface area (Å²) in [5.41, 5.74) is -1.49. The van der Waals surface area contributed by atoms with Crippen molar-refractivity contribution in [3.05, 3.63) is 24.7 Å². The highest BCUT2D eigenvalue weighted by Crippen LogP contribution is 2.31. The van der Waals surface area contributed by atoms with Crippen LogP contribution in [0.5, 0.6) is 0 Å². The number of hydrogen-bond acceptors (Lipinski definition) is 11. The van der Waals surface area contributed by atoms with Crippen LogP contribution < -0.4 is 0 Å². The Balaban J connectivity index is 4.53. The van der Waals surface area contributed by atoms with Crippen molar-refractivity contribution in [2.75, 3.05) is 0 Å². The lowest BCUT2D eigenvalue weighted by molar-refractivity contribution is -0.331. The number of esters is 2. The van der Waals surface area contributed by atoms with Gasteiger partial charge in [-0.15, -0.1) is 0 Å². The molecule has 0 saturated carbocycles. The van der Waals surface area contributed by atoms with Gasteiger partial charge in [-0.3, -0.25) is 0 Å². The summed E-state index contributed by atoms with van der Waals surface area (Å²) in [5.74, 6) is -2.91. The van der Waals surface area contributed by atoms with Crippen molar-refractivity contribution in [1.29, 1.82) is 0 Å². The van der Waals surface area contributed by atoms with Gasteiger partial charge in [-0.1, -0.05) is 41.5 Å². The van der Waals surface area contributed by atoms with Crippen LogP contribution in [0.1, 0.15) is 95.9 Å². The smallest absolute Gasteiger partial charge is 0.419 e. The van der Waals surface area contributed by atoms with Gasteiger partial charge in [0.2, 0.25) is 24.1 Å². The molecule has 0 amide bonds. The van der Waals surface area contributed by atoms with Gasteiger partial charge in [0, 0.05) is 13.8 Å². The fraction of sp³-hybridized carbons (Fsp3) is 0.741. The van der Waals surface area contributed by atoms with Crippen LogP contribution in [0.3, 0.4) is 0 Å². The van der Waals surface area contributed by atoms with Crippen molar-refractivity contribution in [3.63, 3.8) is 0 Å². The lowest BCUT2D eigenvalue weighted by Gasteiger charge is -2.30. The van der Waals surface area contributed by atoms with Gasteiger partial charge in [-0.25, -0.2) is 14.4 Å². The molecule has 0 aliphatic heterocycles. The predicted octanol–water partition coefficient (Wildman–Crippen LogP) is 6.27. The summed E-state index contributed by atoms with van der Waals surface area (Å²) in [6, 6.07) is 0. The summed E-state index contributed by atoms with van der Waals surface area (Å²) in [5, 5.41) is 0. The number of carbonyl (C=O) groups is 3. The first-order valence-electron chi connectivity index (χ1n) is 12.3. The van der Waals surface area contributed by atoms with Crippen LogP contribution in [-0.4, -0.2) is 41.9 Å². The molecule has 0 radical (unpaired) electrons. The third kappa shape index (κ3) is 16.9. The van der Waals surface area contributed by atoms with Crippen molar-refractivity contribution < 1.29 is 52.9 Å². The Kier molecular flexibility index (Phi) is 12.8. The van der Waals surface area contributed by atoms with Gasteiger partial charge in [0.15, 0.2) is 0 Å². The fourth-order valence-corrected chi connectivity index (χ4v) is 3.79. The SMILES string of the molecule is C=C(OOC(C)(C)CC(C)(C)C)C(=O)OC(C)OC(=O)OC(C)OC(=O)C(=C)OOC(C)(C)CC(C)(C)C. The molecule has 220 valence electrons. The van der Waals surface area contributed by atoms with E-state index in [0.717, 1.165) is 0 Å². The summed E-state index contributed by atoms with van der Waals surface area (Å²) in [6.07, 6.45) is -2.75. The average molecular weight is 547 g/mol. The Labute approximate surface area is 226 Å². The molecule has 0 aliphatic rings. The lowest BCUT2D eigenvalue weighted by atomic mass is 9.84. The van der Waals surface area contributed by atoms with Crippen molar-refractivity contribution in [1.82, 2.24) is 0 Å². The van der Waals surface area contributed by atoms with Gasteiger partial charge >= 0.3 is 18.1 Å². The molecular formula is C27H46O11. The fourth-order valence-electron chi connectivity index (χ4n) is 3.79. The Morgan fingerprint density at radius 3 is 1.13 bits per heavy atom. The molecule has 0 bridgehead atoms. The van der Waals surface area contributed by atoms with E-state index in [-0.39, 0.29) is 10.8 Å². The molecule has 0 rings (SSSR count). The molecule has 0 heterocycles. The third-order valence-corrected chi connectivity index (χ3v) is 4.17. The number of ether oxygens (including phenoxy) is 4. The second-order valence-corrected chi connectivity index (χ2v) is 12.6. The molecule has 2 atom stereocenters. The summed E-state index contributed by atoms with van der Waals surface area (Å²) >= 11 is 0. The lowest BCUT2D eigenvalue weighted by Crippen LogP contribution is -2.32. The average Bonchev–Trinajstić information content (AvgIpc) is 2.66. The summed E-state index contributed by atoms with van der Waals surface area (Å²) in [4.78, 5) is 56.8. The first-order valence-corrected chi connectivity index (χ1v) is 12.3. The Hall–Kier alpha value is -2.79. The summed E-state index contributed by atoms with van der Waals surface area (Å²) in [6.45, 7) is 28.9. The van der Waals surface area contributed by atoms with Gasteiger partial charge in [-0.2, -0.15) is 9.78 Å². The van der Waals surface area contributed by atoms with Crippen molar-refractivity contribution in [3.8, 4) is 0 Å². The predicted molar refractivity (Wildman–Crippen MR) is 138 cm³/mol. The van der Waals surface area contributed by atoms with Crippen LogP contribution in [0.25, 0.3) is 0 Å². The molecule has 0 aliphatic carbocycles. The van der Waals surface area contributed by atoms with Crippen LogP contribution >= 0.6 is 0 Å². The van der Waals surface area contributed by atoms with Gasteiger partial charge in [-0.05, 0) is 64.5 Å². The summed E-state index contributed by atoms with van der Waals surface area (Å²) in [7, 11) is 0. The highest BCUT2D eigenvalue weighted by atomic mass is 17.2. The monoisotopic (exact) mass is 546 g/mol. The van der Waals surface area contributed by atoms with Crippen molar-refractivity contribution >= 4 is 18.1 Å². The molecule has 11 nitrogen and oxygen atoms in total. The molecule has 0 saturated heterocycles. The molecule has 0 spiro atoms. The molecule has 0 aromatic heterocycles. The van der Waals surface area contributed by atoms with E-state index in [4.69, 9.17) is 38.5 Å². The van der Waals surface area contributed by atoms with E-state index >= 15 is 0 Å². The zero-order valence-corrected chi connectivity index (χ0v) is 25.0. The van der Waals surface area contributed by atoms with Crippen molar-refractivity contribution in [2.24, 2.45) is 10.8 Å². The minimum atomic E-state index is -1.38. The van der Waals surface area contributed by atoms with E-state index < -0.39 is 53.4 Å². The second kappa shape index (κ2) is 13.8. The summed E-state index contributed by atoms with van der Waals surface area (Å²) < 4.78 is 19.5. The Bertz CT molecular complexity index is 776. The highest BCUT2D eigenvalue weighted by Gasteiger charge is 2.31. The molecule has 0 fully saturated rings. The van der Waals surface area contributed by atoms with E-state index in [1.165, 1.54) is 13.8 Å². The minimum Gasteiger partial charge on any atom is -0.419 e. The van der Waals surface area contributed by atoms with Crippen LogP contribution in [0.2, 0.25) is 0 Å². The third-order valence-electron chi connectivity index (χ3n) is 4.17. The van der Waals surface area contributed by atoms with Gasteiger partial charge in [0.25, 0.3) is 0 Å². The van der Waals surface area contributed by atoms with E-state index in [1.807, 2.05) is 41.5 Å². The minimum absolute atomic E-state index is 0.0417. The first kappa shape index (κ1) is 35.2. The number of carbonyl (C=O) groups excluding carboxylic acids is 3. The van der Waals surface area contributed by atoms with Gasteiger partial charge in [0.1, 0.15) is 11.2 Å². The molecule has 0 N–H and O–H groups in total. The van der Waals surface area contributed by atoms with E-state index in [2.05, 4.69) is 13.2 Å². The maximum Gasteiger partial charge on any atom is 0.514 e. The second-order valence-electron chi connectivity index (χ2n) is 12.6. The van der Waals surface area contributed by atoms with E-state index in [9.17, 15) is 14.4 Å². The maximum absolute atomic E-state index is 12.1. The molecule has 0 aromatic rings. The Morgan fingerprint density at radius 2 is 0.868 bits per heavy atom. The molecule has 38 heavy (non-hydrogen) atoms. The van der Waals surface area contributed by atoms with Crippen LogP contribution in [-0.2, 0) is 48.1 Å². The molecule has 2 unspecified atom stereocenters. The number of rotatable bonds is 14. The Morgan fingerprint density at radius 1 is 0.579 bits per heavy atom. The first-order chi connectivity index (χ1) is 16.9. The molecule has 11 heteroatoms. The van der Waals surface area contributed by atoms with E-state index in [0.29, 0.717) is 12.8 Å². The maximum atomic E-state index is 12.1. The van der Waals surface area contributed by atoms with Crippen LogP contribution in [0.4, 0.5) is 4.79 Å². The number of hydrogen-bond donors (Lipinski definition) is 0. The highest BCUT2D eigenvalue weighted by molar-refractivity contribution is 5.86. The van der Waals surface area contributed by atoms with Crippen LogP contribution in [0.15, 0.2) is 24.7 Å². The van der Waals surface area contributed by atoms with E-state index in [1.54, 1.807) is 27.7 Å². The van der Waals surface area contributed by atoms with Crippen LogP contribution in [0, 0.1) is 10.8 Å². The molecule has 0 aromatic carbocycles. The zero-order valence-electron chi connectivity index (χ0n) is 25.0. The van der Waals surface area contributed by atoms with Crippen molar-refractivity contribution in [2.45, 2.75) is 120 Å². The standard InChI is InChI=1S/C27H46O11/c1-17(35-37-26(11,12)15-24(5,6)7)21(28)31-19(3)33-23(30)34-20(4)32-22(29)18(2)36-38-27(13,14)16-25(8,9)10/h19-20H,1-2,15-16H2,3-14H3. The largest absolute Gasteiger partial charge is 0.514 e. The zero-order chi connectivity index (χ0) is 30.1.